The number of nitrogens with one attached hydrogen (secondary N) is 1. The molecule has 1 atom stereocenters. The number of rotatable bonds is 6. The first-order valence-corrected chi connectivity index (χ1v) is 6.76. The third-order valence-corrected chi connectivity index (χ3v) is 3.49. The van der Waals surface area contributed by atoms with E-state index in [9.17, 15) is 0 Å². The fourth-order valence-electron chi connectivity index (χ4n) is 2.25. The maximum Gasteiger partial charge on any atom is 0.122 e. The van der Waals surface area contributed by atoms with Gasteiger partial charge in [-0.15, -0.1) is 0 Å². The summed E-state index contributed by atoms with van der Waals surface area (Å²) in [4.78, 5) is 4.14. The molecule has 1 unspecified atom stereocenters. The molecule has 1 heterocycles. The van der Waals surface area contributed by atoms with Crippen LogP contribution in [0.3, 0.4) is 0 Å². The molecule has 1 aromatic heterocycles. The minimum absolute atomic E-state index is 0.0977. The number of likely N-dealkylation sites (N-methyl/N-ethyl adjacent to an activating group) is 1. The zero-order valence-corrected chi connectivity index (χ0v) is 12.6. The number of nitrogens with two attached hydrogens (primary N) is 1. The van der Waals surface area contributed by atoms with Crippen molar-refractivity contribution in [3.63, 3.8) is 0 Å². The SMILES string of the molecule is CNC(Cc1cnccc1N)c1cc(OC)cc(OC)c1. The average molecular weight is 287 g/mol. The molecule has 0 fully saturated rings. The third-order valence-electron chi connectivity index (χ3n) is 3.49. The molecule has 2 aromatic rings. The Balaban J connectivity index is 2.31. The smallest absolute Gasteiger partial charge is 0.122 e. The molecule has 5 nitrogen and oxygen atoms in total. The summed E-state index contributed by atoms with van der Waals surface area (Å²) in [7, 11) is 5.21. The summed E-state index contributed by atoms with van der Waals surface area (Å²) in [5.74, 6) is 1.53. The highest BCUT2D eigenvalue weighted by atomic mass is 16.5. The summed E-state index contributed by atoms with van der Waals surface area (Å²) in [5, 5.41) is 3.30. The lowest BCUT2D eigenvalue weighted by Crippen LogP contribution is -2.19. The van der Waals surface area contributed by atoms with Gasteiger partial charge in [0, 0.05) is 30.2 Å². The van der Waals surface area contributed by atoms with E-state index in [4.69, 9.17) is 15.2 Å². The summed E-state index contributed by atoms with van der Waals surface area (Å²) in [6.07, 6.45) is 4.24. The summed E-state index contributed by atoms with van der Waals surface area (Å²) in [6, 6.07) is 7.76. The summed E-state index contributed by atoms with van der Waals surface area (Å²) < 4.78 is 10.6. The van der Waals surface area contributed by atoms with Crippen molar-refractivity contribution >= 4 is 5.69 Å². The molecule has 1 aromatic carbocycles. The molecule has 2 rings (SSSR count). The molecule has 0 saturated heterocycles. The van der Waals surface area contributed by atoms with Crippen molar-refractivity contribution in [2.75, 3.05) is 27.0 Å². The van der Waals surface area contributed by atoms with E-state index in [1.165, 1.54) is 0 Å². The van der Waals surface area contributed by atoms with Crippen LogP contribution in [-0.2, 0) is 6.42 Å². The largest absolute Gasteiger partial charge is 0.497 e. The van der Waals surface area contributed by atoms with Gasteiger partial charge in [-0.05, 0) is 42.8 Å². The fraction of sp³-hybridized carbons (Fsp3) is 0.312. The molecule has 0 radical (unpaired) electrons. The minimum Gasteiger partial charge on any atom is -0.497 e. The van der Waals surface area contributed by atoms with Gasteiger partial charge in [0.25, 0.3) is 0 Å². The van der Waals surface area contributed by atoms with Crippen molar-refractivity contribution in [3.8, 4) is 11.5 Å². The van der Waals surface area contributed by atoms with Crippen LogP contribution < -0.4 is 20.5 Å². The predicted octanol–water partition coefficient (Wildman–Crippen LogP) is 2.18. The van der Waals surface area contributed by atoms with Crippen molar-refractivity contribution in [1.29, 1.82) is 0 Å². The highest BCUT2D eigenvalue weighted by molar-refractivity contribution is 5.46. The number of hydrogen-bond acceptors (Lipinski definition) is 5. The van der Waals surface area contributed by atoms with E-state index in [-0.39, 0.29) is 6.04 Å². The Hall–Kier alpha value is -2.27. The predicted molar refractivity (Wildman–Crippen MR) is 83.7 cm³/mol. The quantitative estimate of drug-likeness (QED) is 0.852. The van der Waals surface area contributed by atoms with E-state index in [1.807, 2.05) is 31.3 Å². The Kier molecular flexibility index (Phi) is 5.00. The molecule has 112 valence electrons. The number of ether oxygens (including phenoxy) is 2. The van der Waals surface area contributed by atoms with Gasteiger partial charge in [0.1, 0.15) is 11.5 Å². The number of methoxy groups -OCH3 is 2. The maximum absolute atomic E-state index is 6.00. The van der Waals surface area contributed by atoms with Crippen LogP contribution in [0.25, 0.3) is 0 Å². The van der Waals surface area contributed by atoms with Crippen LogP contribution in [0.5, 0.6) is 11.5 Å². The van der Waals surface area contributed by atoms with Gasteiger partial charge in [0.2, 0.25) is 0 Å². The molecule has 5 heteroatoms. The average Bonchev–Trinajstić information content (AvgIpc) is 2.53. The van der Waals surface area contributed by atoms with E-state index >= 15 is 0 Å². The second-order valence-electron chi connectivity index (χ2n) is 4.77. The molecule has 0 amide bonds. The van der Waals surface area contributed by atoms with Gasteiger partial charge in [0.05, 0.1) is 14.2 Å². The maximum atomic E-state index is 6.00. The molecular formula is C16H21N3O2. The number of hydrogen-bond donors (Lipinski definition) is 2. The van der Waals surface area contributed by atoms with Crippen LogP contribution in [0.1, 0.15) is 17.2 Å². The van der Waals surface area contributed by atoms with Crippen LogP contribution in [0.2, 0.25) is 0 Å². The van der Waals surface area contributed by atoms with E-state index in [1.54, 1.807) is 26.6 Å². The van der Waals surface area contributed by atoms with Crippen molar-refractivity contribution in [3.05, 3.63) is 47.8 Å². The fourth-order valence-corrected chi connectivity index (χ4v) is 2.25. The zero-order chi connectivity index (χ0) is 15.2. The van der Waals surface area contributed by atoms with Crippen LogP contribution in [-0.4, -0.2) is 26.3 Å². The molecule has 0 aliphatic rings. The van der Waals surface area contributed by atoms with Gasteiger partial charge >= 0.3 is 0 Å². The van der Waals surface area contributed by atoms with Crippen LogP contribution >= 0.6 is 0 Å². The highest BCUT2D eigenvalue weighted by Crippen LogP contribution is 2.28. The van der Waals surface area contributed by atoms with Crippen molar-refractivity contribution in [2.45, 2.75) is 12.5 Å². The van der Waals surface area contributed by atoms with Crippen molar-refractivity contribution in [2.24, 2.45) is 0 Å². The lowest BCUT2D eigenvalue weighted by molar-refractivity contribution is 0.392. The zero-order valence-electron chi connectivity index (χ0n) is 12.6. The van der Waals surface area contributed by atoms with Crippen LogP contribution in [0, 0.1) is 0 Å². The number of anilines is 1. The lowest BCUT2D eigenvalue weighted by atomic mass is 9.98. The molecular weight excluding hydrogens is 266 g/mol. The van der Waals surface area contributed by atoms with E-state index in [0.29, 0.717) is 0 Å². The molecule has 0 saturated carbocycles. The Morgan fingerprint density at radius 3 is 2.38 bits per heavy atom. The number of nitrogen functional groups attached to an aromatic ring is 1. The van der Waals surface area contributed by atoms with E-state index in [0.717, 1.165) is 34.7 Å². The molecule has 3 N–H and O–H groups in total. The van der Waals surface area contributed by atoms with E-state index in [2.05, 4.69) is 10.3 Å². The van der Waals surface area contributed by atoms with Crippen LogP contribution in [0.4, 0.5) is 5.69 Å². The summed E-state index contributed by atoms with van der Waals surface area (Å²) in [6.45, 7) is 0. The number of aromatic nitrogens is 1. The van der Waals surface area contributed by atoms with Crippen LogP contribution in [0.15, 0.2) is 36.7 Å². The molecule has 0 bridgehead atoms. The van der Waals surface area contributed by atoms with E-state index < -0.39 is 0 Å². The van der Waals surface area contributed by atoms with Gasteiger partial charge in [0.15, 0.2) is 0 Å². The number of benzene rings is 1. The first kappa shape index (κ1) is 15.1. The second kappa shape index (κ2) is 6.95. The van der Waals surface area contributed by atoms with Gasteiger partial charge in [-0.2, -0.15) is 0 Å². The topological polar surface area (TPSA) is 69.4 Å². The highest BCUT2D eigenvalue weighted by Gasteiger charge is 2.14. The molecule has 0 aliphatic heterocycles. The standard InChI is InChI=1S/C16H21N3O2/c1-18-16(8-12-10-19-5-4-15(12)17)11-6-13(20-2)9-14(7-11)21-3/h4-7,9-10,16,18H,8H2,1-3H3,(H2,17,19). The number of nitrogens with zero attached hydrogens (tertiary/aromatic N) is 1. The molecule has 21 heavy (non-hydrogen) atoms. The lowest BCUT2D eigenvalue weighted by Gasteiger charge is -2.19. The Morgan fingerprint density at radius 1 is 1.19 bits per heavy atom. The van der Waals surface area contributed by atoms with Crippen molar-refractivity contribution in [1.82, 2.24) is 10.3 Å². The Bertz CT molecular complexity index is 580. The first-order valence-electron chi connectivity index (χ1n) is 6.76. The number of pyridine rings is 1. The third kappa shape index (κ3) is 3.64. The molecule has 0 aliphatic carbocycles. The minimum atomic E-state index is 0.0977. The Morgan fingerprint density at radius 2 is 1.86 bits per heavy atom. The summed E-state index contributed by atoms with van der Waals surface area (Å²) in [5.41, 5.74) is 8.84. The van der Waals surface area contributed by atoms with Gasteiger partial charge < -0.3 is 20.5 Å². The normalized spacial score (nSPS) is 12.0. The summed E-state index contributed by atoms with van der Waals surface area (Å²) >= 11 is 0. The molecule has 0 spiro atoms. The first-order chi connectivity index (χ1) is 10.2. The van der Waals surface area contributed by atoms with Gasteiger partial charge in [-0.25, -0.2) is 0 Å². The Labute approximate surface area is 125 Å². The van der Waals surface area contributed by atoms with Gasteiger partial charge in [-0.3, -0.25) is 4.98 Å². The monoisotopic (exact) mass is 287 g/mol. The van der Waals surface area contributed by atoms with Crippen molar-refractivity contribution < 1.29 is 9.47 Å². The second-order valence-corrected chi connectivity index (χ2v) is 4.77. The van der Waals surface area contributed by atoms with Gasteiger partial charge in [-0.1, -0.05) is 0 Å².